The van der Waals surface area contributed by atoms with Crippen molar-refractivity contribution in [3.05, 3.63) is 29.3 Å². The highest BCUT2D eigenvalue weighted by Crippen LogP contribution is 2.21. The Kier molecular flexibility index (Phi) is 4.43. The highest BCUT2D eigenvalue weighted by molar-refractivity contribution is 5.85. The van der Waals surface area contributed by atoms with E-state index in [9.17, 15) is 0 Å². The van der Waals surface area contributed by atoms with Gasteiger partial charge in [-0.2, -0.15) is 0 Å². The summed E-state index contributed by atoms with van der Waals surface area (Å²) in [5.41, 5.74) is 2.52. The van der Waals surface area contributed by atoms with Gasteiger partial charge in [-0.05, 0) is 38.4 Å². The van der Waals surface area contributed by atoms with Crippen molar-refractivity contribution in [3.63, 3.8) is 0 Å². The minimum atomic E-state index is 0. The maximum Gasteiger partial charge on any atom is 0.122 e. The molecule has 1 unspecified atom stereocenters. The molecule has 0 bridgehead atoms. The molecule has 1 N–H and O–H groups in total. The second kappa shape index (κ2) is 5.38. The zero-order valence-electron chi connectivity index (χ0n) is 9.25. The lowest BCUT2D eigenvalue weighted by atomic mass is 10.1. The first-order valence-electron chi connectivity index (χ1n) is 5.20. The van der Waals surface area contributed by atoms with Gasteiger partial charge >= 0.3 is 0 Å². The van der Waals surface area contributed by atoms with Crippen molar-refractivity contribution in [1.29, 1.82) is 0 Å². The highest BCUT2D eigenvalue weighted by Gasteiger charge is 2.16. The Balaban J connectivity index is 0.00000112. The van der Waals surface area contributed by atoms with Crippen molar-refractivity contribution in [1.82, 2.24) is 5.32 Å². The van der Waals surface area contributed by atoms with Crippen LogP contribution in [-0.4, -0.2) is 19.2 Å². The van der Waals surface area contributed by atoms with Gasteiger partial charge in [-0.15, -0.1) is 12.4 Å². The monoisotopic (exact) mass is 227 g/mol. The van der Waals surface area contributed by atoms with Crippen LogP contribution in [0.3, 0.4) is 0 Å². The predicted molar refractivity (Wildman–Crippen MR) is 65.1 cm³/mol. The van der Waals surface area contributed by atoms with Crippen LogP contribution < -0.4 is 10.1 Å². The summed E-state index contributed by atoms with van der Waals surface area (Å²) in [5.74, 6) is 1.03. The first-order chi connectivity index (χ1) is 6.75. The van der Waals surface area contributed by atoms with Crippen LogP contribution in [0, 0.1) is 13.8 Å². The third-order valence-corrected chi connectivity index (χ3v) is 2.64. The molecule has 1 aromatic carbocycles. The number of hydrogen-bond donors (Lipinski definition) is 1. The Bertz CT molecular complexity index is 321. The fourth-order valence-electron chi connectivity index (χ4n) is 1.84. The van der Waals surface area contributed by atoms with Crippen LogP contribution in [0.25, 0.3) is 0 Å². The molecule has 1 aliphatic rings. The van der Waals surface area contributed by atoms with Crippen molar-refractivity contribution < 1.29 is 4.74 Å². The Morgan fingerprint density at radius 3 is 2.73 bits per heavy atom. The standard InChI is InChI=1S/C12H17NO.ClH/c1-9-3-4-12(10(2)7-9)14-11-5-6-13-8-11;/h3-4,7,11,13H,5-6,8H2,1-2H3;1H. The molecule has 2 rings (SSSR count). The van der Waals surface area contributed by atoms with Gasteiger partial charge in [0.05, 0.1) is 0 Å². The SMILES string of the molecule is Cc1ccc(OC2CCNC2)c(C)c1.Cl. The lowest BCUT2D eigenvalue weighted by Gasteiger charge is -2.14. The zero-order valence-corrected chi connectivity index (χ0v) is 10.1. The number of rotatable bonds is 2. The molecular formula is C12H18ClNO. The lowest BCUT2D eigenvalue weighted by molar-refractivity contribution is 0.221. The van der Waals surface area contributed by atoms with E-state index in [1.54, 1.807) is 0 Å². The number of benzene rings is 1. The second-order valence-electron chi connectivity index (χ2n) is 4.00. The van der Waals surface area contributed by atoms with E-state index in [4.69, 9.17) is 4.74 Å². The molecular weight excluding hydrogens is 210 g/mol. The van der Waals surface area contributed by atoms with Crippen LogP contribution >= 0.6 is 12.4 Å². The van der Waals surface area contributed by atoms with E-state index < -0.39 is 0 Å². The Morgan fingerprint density at radius 1 is 1.33 bits per heavy atom. The number of nitrogens with one attached hydrogen (secondary N) is 1. The topological polar surface area (TPSA) is 21.3 Å². The van der Waals surface area contributed by atoms with Gasteiger partial charge in [-0.1, -0.05) is 17.7 Å². The molecule has 1 aliphatic heterocycles. The molecule has 1 aromatic rings. The first-order valence-corrected chi connectivity index (χ1v) is 5.20. The summed E-state index contributed by atoms with van der Waals surface area (Å²) in [6.45, 7) is 6.27. The van der Waals surface area contributed by atoms with Crippen molar-refractivity contribution in [2.75, 3.05) is 13.1 Å². The van der Waals surface area contributed by atoms with Gasteiger partial charge in [-0.3, -0.25) is 0 Å². The minimum absolute atomic E-state index is 0. The summed E-state index contributed by atoms with van der Waals surface area (Å²) in [7, 11) is 0. The summed E-state index contributed by atoms with van der Waals surface area (Å²) in [4.78, 5) is 0. The normalized spacial score (nSPS) is 19.7. The third-order valence-electron chi connectivity index (χ3n) is 2.64. The van der Waals surface area contributed by atoms with Gasteiger partial charge in [0.2, 0.25) is 0 Å². The van der Waals surface area contributed by atoms with Gasteiger partial charge in [0, 0.05) is 6.54 Å². The fourth-order valence-corrected chi connectivity index (χ4v) is 1.84. The predicted octanol–water partition coefficient (Wildman–Crippen LogP) is 2.47. The summed E-state index contributed by atoms with van der Waals surface area (Å²) in [6, 6.07) is 6.34. The molecule has 1 saturated heterocycles. The lowest BCUT2D eigenvalue weighted by Crippen LogP contribution is -2.19. The van der Waals surface area contributed by atoms with Crippen LogP contribution in [-0.2, 0) is 0 Å². The molecule has 15 heavy (non-hydrogen) atoms. The number of hydrogen-bond acceptors (Lipinski definition) is 2. The Morgan fingerprint density at radius 2 is 2.13 bits per heavy atom. The van der Waals surface area contributed by atoms with Crippen LogP contribution in [0.2, 0.25) is 0 Å². The molecule has 0 radical (unpaired) electrons. The van der Waals surface area contributed by atoms with E-state index in [1.807, 2.05) is 0 Å². The average Bonchev–Trinajstić information content (AvgIpc) is 2.62. The number of ether oxygens (including phenoxy) is 1. The van der Waals surface area contributed by atoms with Crippen molar-refractivity contribution in [2.24, 2.45) is 0 Å². The molecule has 0 amide bonds. The molecule has 0 aliphatic carbocycles. The maximum atomic E-state index is 5.90. The van der Waals surface area contributed by atoms with Crippen molar-refractivity contribution in [3.8, 4) is 5.75 Å². The largest absolute Gasteiger partial charge is 0.489 e. The van der Waals surface area contributed by atoms with Crippen LogP contribution in [0.15, 0.2) is 18.2 Å². The van der Waals surface area contributed by atoms with E-state index in [2.05, 4.69) is 37.4 Å². The molecule has 1 heterocycles. The van der Waals surface area contributed by atoms with Crippen LogP contribution in [0.5, 0.6) is 5.75 Å². The summed E-state index contributed by atoms with van der Waals surface area (Å²) in [6.07, 6.45) is 1.48. The van der Waals surface area contributed by atoms with Crippen molar-refractivity contribution in [2.45, 2.75) is 26.4 Å². The number of halogens is 1. The van der Waals surface area contributed by atoms with E-state index >= 15 is 0 Å². The molecule has 0 saturated carbocycles. The third kappa shape index (κ3) is 3.11. The smallest absolute Gasteiger partial charge is 0.122 e. The second-order valence-corrected chi connectivity index (χ2v) is 4.00. The van der Waals surface area contributed by atoms with Gasteiger partial charge in [0.25, 0.3) is 0 Å². The molecule has 3 heteroatoms. The van der Waals surface area contributed by atoms with Gasteiger partial charge in [-0.25, -0.2) is 0 Å². The fraction of sp³-hybridized carbons (Fsp3) is 0.500. The van der Waals surface area contributed by atoms with Gasteiger partial charge < -0.3 is 10.1 Å². The Hall–Kier alpha value is -0.730. The molecule has 1 atom stereocenters. The van der Waals surface area contributed by atoms with E-state index in [0.717, 1.165) is 25.3 Å². The van der Waals surface area contributed by atoms with Gasteiger partial charge in [0.1, 0.15) is 11.9 Å². The minimum Gasteiger partial charge on any atom is -0.489 e. The molecule has 0 spiro atoms. The maximum absolute atomic E-state index is 5.90. The molecule has 0 aromatic heterocycles. The molecule has 2 nitrogen and oxygen atoms in total. The zero-order chi connectivity index (χ0) is 9.97. The average molecular weight is 228 g/mol. The van der Waals surface area contributed by atoms with E-state index in [-0.39, 0.29) is 12.4 Å². The number of aryl methyl sites for hydroxylation is 2. The Labute approximate surface area is 97.4 Å². The van der Waals surface area contributed by atoms with Crippen LogP contribution in [0.4, 0.5) is 0 Å². The summed E-state index contributed by atoms with van der Waals surface area (Å²) >= 11 is 0. The summed E-state index contributed by atoms with van der Waals surface area (Å²) < 4.78 is 5.90. The van der Waals surface area contributed by atoms with E-state index in [1.165, 1.54) is 11.1 Å². The molecule has 84 valence electrons. The summed E-state index contributed by atoms with van der Waals surface area (Å²) in [5, 5.41) is 3.30. The highest BCUT2D eigenvalue weighted by atomic mass is 35.5. The van der Waals surface area contributed by atoms with Crippen LogP contribution in [0.1, 0.15) is 17.5 Å². The van der Waals surface area contributed by atoms with Gasteiger partial charge in [0.15, 0.2) is 0 Å². The van der Waals surface area contributed by atoms with Crippen molar-refractivity contribution >= 4 is 12.4 Å². The molecule has 1 fully saturated rings. The van der Waals surface area contributed by atoms with E-state index in [0.29, 0.717) is 6.10 Å². The quantitative estimate of drug-likeness (QED) is 0.838. The first kappa shape index (κ1) is 12.3.